The molecule has 4 nitrogen and oxygen atoms in total. The molecule has 1 atom stereocenters. The summed E-state index contributed by atoms with van der Waals surface area (Å²) in [5, 5.41) is 0. The van der Waals surface area contributed by atoms with Gasteiger partial charge in [0, 0.05) is 17.1 Å². The first-order valence-electron chi connectivity index (χ1n) is 5.50. The average molecular weight is 302 g/mol. The molecule has 0 aromatic heterocycles. The van der Waals surface area contributed by atoms with E-state index in [2.05, 4.69) is 32.3 Å². The van der Waals surface area contributed by atoms with Crippen LogP contribution in [-0.2, 0) is 6.42 Å². The molecule has 0 bridgehead atoms. The van der Waals surface area contributed by atoms with Gasteiger partial charge >= 0.3 is 0 Å². The molecule has 1 aromatic carbocycles. The highest BCUT2D eigenvalue weighted by molar-refractivity contribution is 9.10. The van der Waals surface area contributed by atoms with Gasteiger partial charge in [0.25, 0.3) is 0 Å². The van der Waals surface area contributed by atoms with Gasteiger partial charge in [-0.1, -0.05) is 15.9 Å². The fourth-order valence-corrected chi connectivity index (χ4v) is 2.20. The second-order valence-corrected chi connectivity index (χ2v) is 5.20. The van der Waals surface area contributed by atoms with E-state index in [1.807, 2.05) is 26.2 Å². The van der Waals surface area contributed by atoms with Crippen LogP contribution in [0.2, 0.25) is 0 Å². The summed E-state index contributed by atoms with van der Waals surface area (Å²) < 4.78 is 6.40. The minimum absolute atomic E-state index is 0.202. The van der Waals surface area contributed by atoms with Crippen LogP contribution < -0.4 is 16.0 Å². The van der Waals surface area contributed by atoms with Crippen molar-refractivity contribution in [1.82, 2.24) is 10.3 Å². The number of rotatable bonds is 6. The van der Waals surface area contributed by atoms with Crippen molar-refractivity contribution in [3.8, 4) is 5.75 Å². The van der Waals surface area contributed by atoms with Gasteiger partial charge in [-0.25, -0.2) is 0 Å². The van der Waals surface area contributed by atoms with Crippen LogP contribution in [0.5, 0.6) is 5.75 Å². The summed E-state index contributed by atoms with van der Waals surface area (Å²) in [6, 6.07) is 6.20. The molecule has 0 spiro atoms. The van der Waals surface area contributed by atoms with Gasteiger partial charge in [0.2, 0.25) is 0 Å². The van der Waals surface area contributed by atoms with Crippen molar-refractivity contribution < 1.29 is 4.74 Å². The Bertz CT molecular complexity index is 358. The Morgan fingerprint density at radius 3 is 2.71 bits per heavy atom. The molecule has 0 saturated heterocycles. The predicted molar refractivity (Wildman–Crippen MR) is 74.1 cm³/mol. The monoisotopic (exact) mass is 301 g/mol. The molecule has 0 heterocycles. The standard InChI is InChI=1S/C12H20BrN3O/c1-16(2)8-11(15-14)7-9-6-10(13)4-5-12(9)17-3/h4-6,11,15H,7-8,14H2,1-3H3. The summed E-state index contributed by atoms with van der Waals surface area (Å²) in [5.41, 5.74) is 3.99. The van der Waals surface area contributed by atoms with E-state index in [1.54, 1.807) is 7.11 Å². The van der Waals surface area contributed by atoms with Gasteiger partial charge in [0.1, 0.15) is 5.75 Å². The van der Waals surface area contributed by atoms with Crippen molar-refractivity contribution >= 4 is 15.9 Å². The Morgan fingerprint density at radius 1 is 1.47 bits per heavy atom. The fourth-order valence-electron chi connectivity index (χ4n) is 1.79. The zero-order chi connectivity index (χ0) is 12.8. The Kier molecular flexibility index (Phi) is 5.91. The normalized spacial score (nSPS) is 12.8. The number of hydrazine groups is 1. The van der Waals surface area contributed by atoms with E-state index in [0.29, 0.717) is 0 Å². The first-order chi connectivity index (χ1) is 8.06. The molecule has 0 fully saturated rings. The quantitative estimate of drug-likeness (QED) is 0.616. The third kappa shape index (κ3) is 4.63. The maximum Gasteiger partial charge on any atom is 0.122 e. The van der Waals surface area contributed by atoms with Gasteiger partial charge in [-0.15, -0.1) is 0 Å². The molecular weight excluding hydrogens is 282 g/mol. The van der Waals surface area contributed by atoms with E-state index in [0.717, 1.165) is 28.8 Å². The van der Waals surface area contributed by atoms with Crippen LogP contribution in [0, 0.1) is 0 Å². The largest absolute Gasteiger partial charge is 0.496 e. The molecule has 3 N–H and O–H groups in total. The van der Waals surface area contributed by atoms with Gasteiger partial charge in [-0.2, -0.15) is 0 Å². The molecule has 0 aliphatic rings. The molecule has 5 heteroatoms. The lowest BCUT2D eigenvalue weighted by atomic mass is 10.1. The molecule has 0 aliphatic carbocycles. The molecule has 0 saturated carbocycles. The summed E-state index contributed by atoms with van der Waals surface area (Å²) in [6.45, 7) is 0.881. The number of nitrogens with zero attached hydrogens (tertiary/aromatic N) is 1. The Balaban J connectivity index is 2.80. The number of nitrogens with two attached hydrogens (primary N) is 1. The van der Waals surface area contributed by atoms with Gasteiger partial charge < -0.3 is 9.64 Å². The van der Waals surface area contributed by atoms with Crippen molar-refractivity contribution in [1.29, 1.82) is 0 Å². The number of likely N-dealkylation sites (N-methyl/N-ethyl adjacent to an activating group) is 1. The summed E-state index contributed by atoms with van der Waals surface area (Å²) in [4.78, 5) is 2.11. The zero-order valence-electron chi connectivity index (χ0n) is 10.5. The van der Waals surface area contributed by atoms with E-state index < -0.39 is 0 Å². The smallest absolute Gasteiger partial charge is 0.122 e. The molecule has 0 radical (unpaired) electrons. The second-order valence-electron chi connectivity index (χ2n) is 4.29. The molecule has 96 valence electrons. The molecule has 1 rings (SSSR count). The molecule has 1 unspecified atom stereocenters. The van der Waals surface area contributed by atoms with E-state index >= 15 is 0 Å². The van der Waals surface area contributed by atoms with Gasteiger partial charge in [-0.05, 0) is 44.3 Å². The average Bonchev–Trinajstić information content (AvgIpc) is 2.28. The van der Waals surface area contributed by atoms with Gasteiger partial charge in [-0.3, -0.25) is 11.3 Å². The molecule has 0 amide bonds. The maximum atomic E-state index is 5.57. The van der Waals surface area contributed by atoms with E-state index in [4.69, 9.17) is 10.6 Å². The zero-order valence-corrected chi connectivity index (χ0v) is 12.1. The van der Waals surface area contributed by atoms with Gasteiger partial charge in [0.15, 0.2) is 0 Å². The third-order valence-corrected chi connectivity index (χ3v) is 3.02. The van der Waals surface area contributed by atoms with Crippen molar-refractivity contribution in [2.24, 2.45) is 5.84 Å². The highest BCUT2D eigenvalue weighted by Gasteiger charge is 2.12. The van der Waals surface area contributed by atoms with Gasteiger partial charge in [0.05, 0.1) is 7.11 Å². The minimum Gasteiger partial charge on any atom is -0.496 e. The third-order valence-electron chi connectivity index (χ3n) is 2.53. The lowest BCUT2D eigenvalue weighted by molar-refractivity contribution is 0.334. The second kappa shape index (κ2) is 6.96. The first-order valence-corrected chi connectivity index (χ1v) is 6.29. The summed E-state index contributed by atoms with van der Waals surface area (Å²) >= 11 is 3.47. The Labute approximate surface area is 111 Å². The first kappa shape index (κ1) is 14.4. The van der Waals surface area contributed by atoms with Crippen LogP contribution in [0.3, 0.4) is 0 Å². The summed E-state index contributed by atoms with van der Waals surface area (Å²) in [6.07, 6.45) is 0.831. The molecule has 1 aromatic rings. The highest BCUT2D eigenvalue weighted by Crippen LogP contribution is 2.24. The Morgan fingerprint density at radius 2 is 2.18 bits per heavy atom. The summed E-state index contributed by atoms with van der Waals surface area (Å²) in [7, 11) is 5.74. The summed E-state index contributed by atoms with van der Waals surface area (Å²) in [5.74, 6) is 6.46. The molecule has 0 aliphatic heterocycles. The number of ether oxygens (including phenoxy) is 1. The van der Waals surface area contributed by atoms with Crippen molar-refractivity contribution in [3.63, 3.8) is 0 Å². The van der Waals surface area contributed by atoms with E-state index in [-0.39, 0.29) is 6.04 Å². The molecular formula is C12H20BrN3O. The topological polar surface area (TPSA) is 50.5 Å². The van der Waals surface area contributed by atoms with Crippen molar-refractivity contribution in [2.75, 3.05) is 27.7 Å². The van der Waals surface area contributed by atoms with Crippen LogP contribution in [0.15, 0.2) is 22.7 Å². The minimum atomic E-state index is 0.202. The van der Waals surface area contributed by atoms with E-state index in [9.17, 15) is 0 Å². The SMILES string of the molecule is COc1ccc(Br)cc1CC(CN(C)C)NN. The highest BCUT2D eigenvalue weighted by atomic mass is 79.9. The Hall–Kier alpha value is -0.620. The number of halogens is 1. The van der Waals surface area contributed by atoms with Crippen LogP contribution >= 0.6 is 15.9 Å². The predicted octanol–water partition coefficient (Wildman–Crippen LogP) is 1.39. The lowest BCUT2D eigenvalue weighted by Crippen LogP contribution is -2.43. The number of hydrogen-bond acceptors (Lipinski definition) is 4. The van der Waals surface area contributed by atoms with E-state index in [1.165, 1.54) is 0 Å². The maximum absolute atomic E-state index is 5.57. The number of nitrogens with one attached hydrogen (secondary N) is 1. The number of methoxy groups -OCH3 is 1. The fraction of sp³-hybridized carbons (Fsp3) is 0.500. The molecule has 17 heavy (non-hydrogen) atoms. The van der Waals surface area contributed by atoms with Crippen molar-refractivity contribution in [2.45, 2.75) is 12.5 Å². The van der Waals surface area contributed by atoms with Crippen LogP contribution in [0.25, 0.3) is 0 Å². The lowest BCUT2D eigenvalue weighted by Gasteiger charge is -2.21. The van der Waals surface area contributed by atoms with Crippen LogP contribution in [-0.4, -0.2) is 38.7 Å². The van der Waals surface area contributed by atoms with Crippen LogP contribution in [0.1, 0.15) is 5.56 Å². The van der Waals surface area contributed by atoms with Crippen molar-refractivity contribution in [3.05, 3.63) is 28.2 Å². The number of hydrogen-bond donors (Lipinski definition) is 2. The number of benzene rings is 1. The van der Waals surface area contributed by atoms with Crippen LogP contribution in [0.4, 0.5) is 0 Å².